The fourth-order valence-corrected chi connectivity index (χ4v) is 2.63. The van der Waals surface area contributed by atoms with Crippen LogP contribution in [0, 0.1) is 0 Å². The summed E-state index contributed by atoms with van der Waals surface area (Å²) in [5.41, 5.74) is 2.35. The minimum Gasteiger partial charge on any atom is -0.394 e. The van der Waals surface area contributed by atoms with Crippen molar-refractivity contribution < 1.29 is 9.84 Å². The lowest BCUT2D eigenvalue weighted by Gasteiger charge is -2.20. The molecule has 0 spiro atoms. The lowest BCUT2D eigenvalue weighted by atomic mass is 9.96. The van der Waals surface area contributed by atoms with E-state index in [0.29, 0.717) is 25.7 Å². The highest BCUT2D eigenvalue weighted by molar-refractivity contribution is 5.49. The fraction of sp³-hybridized carbons (Fsp3) is 0.533. The zero-order chi connectivity index (χ0) is 15.2. The molecule has 0 saturated heterocycles. The molecule has 0 aliphatic heterocycles. The Balaban J connectivity index is 1.78. The van der Waals surface area contributed by atoms with Gasteiger partial charge >= 0.3 is 0 Å². The van der Waals surface area contributed by atoms with Gasteiger partial charge in [0.1, 0.15) is 12.1 Å². The van der Waals surface area contributed by atoms with Crippen LogP contribution in [0.15, 0.2) is 18.7 Å². The van der Waals surface area contributed by atoms with Crippen molar-refractivity contribution in [2.24, 2.45) is 0 Å². The highest BCUT2D eigenvalue weighted by atomic mass is 16.5. The number of rotatable bonds is 7. The van der Waals surface area contributed by atoms with Crippen LogP contribution in [0.3, 0.4) is 0 Å². The first kappa shape index (κ1) is 14.9. The molecule has 0 saturated carbocycles. The van der Waals surface area contributed by atoms with E-state index >= 15 is 0 Å². The molecule has 2 heterocycles. The maximum Gasteiger partial charge on any atom is 0.237 e. The Labute approximate surface area is 129 Å². The molecule has 1 aliphatic rings. The van der Waals surface area contributed by atoms with Gasteiger partial charge < -0.3 is 15.2 Å². The number of aromatic nitrogens is 4. The molecule has 0 amide bonds. The normalized spacial score (nSPS) is 13.9. The summed E-state index contributed by atoms with van der Waals surface area (Å²) < 4.78 is 7.10. The summed E-state index contributed by atoms with van der Waals surface area (Å²) in [5, 5.41) is 12.1. The first-order valence-electron chi connectivity index (χ1n) is 7.69. The van der Waals surface area contributed by atoms with E-state index in [1.807, 2.05) is 10.8 Å². The third-order valence-electron chi connectivity index (χ3n) is 3.68. The van der Waals surface area contributed by atoms with Crippen molar-refractivity contribution in [3.05, 3.63) is 30.0 Å². The summed E-state index contributed by atoms with van der Waals surface area (Å²) in [6, 6.07) is 0. The second-order valence-corrected chi connectivity index (χ2v) is 5.24. The van der Waals surface area contributed by atoms with Crippen LogP contribution in [-0.4, -0.2) is 51.0 Å². The van der Waals surface area contributed by atoms with Crippen molar-refractivity contribution in [3.8, 4) is 5.95 Å². The summed E-state index contributed by atoms with van der Waals surface area (Å²) >= 11 is 0. The third kappa shape index (κ3) is 3.42. The maximum atomic E-state index is 8.71. The number of aliphatic hydroxyl groups excluding tert-OH is 1. The number of ether oxygens (including phenoxy) is 1. The molecule has 2 N–H and O–H groups in total. The molecule has 0 atom stereocenters. The van der Waals surface area contributed by atoms with E-state index in [1.54, 1.807) is 12.5 Å². The maximum absolute atomic E-state index is 8.71. The molecule has 0 fully saturated rings. The number of anilines is 1. The van der Waals surface area contributed by atoms with Crippen LogP contribution >= 0.6 is 0 Å². The monoisotopic (exact) mass is 303 g/mol. The van der Waals surface area contributed by atoms with Crippen LogP contribution in [0.4, 0.5) is 5.82 Å². The van der Waals surface area contributed by atoms with Crippen molar-refractivity contribution in [2.75, 3.05) is 31.7 Å². The molecule has 2 aromatic heterocycles. The SMILES string of the molecule is OCCOCCNc1nc(-n2ccnc2)nc2c1CCCC2. The lowest BCUT2D eigenvalue weighted by molar-refractivity contribution is 0.0992. The first-order valence-corrected chi connectivity index (χ1v) is 7.69. The molecular weight excluding hydrogens is 282 g/mol. The number of hydrogen-bond acceptors (Lipinski definition) is 6. The number of nitrogens with one attached hydrogen (secondary N) is 1. The highest BCUT2D eigenvalue weighted by Crippen LogP contribution is 2.26. The number of aliphatic hydroxyl groups is 1. The number of fused-ring (bicyclic) bond motifs is 1. The van der Waals surface area contributed by atoms with Gasteiger partial charge in [0.15, 0.2) is 0 Å². The second-order valence-electron chi connectivity index (χ2n) is 5.24. The molecule has 0 bridgehead atoms. The van der Waals surface area contributed by atoms with Gasteiger partial charge in [0.25, 0.3) is 0 Å². The summed E-state index contributed by atoms with van der Waals surface area (Å²) in [5.74, 6) is 1.54. The zero-order valence-corrected chi connectivity index (χ0v) is 12.5. The Morgan fingerprint density at radius 3 is 2.95 bits per heavy atom. The van der Waals surface area contributed by atoms with Gasteiger partial charge in [0, 0.05) is 24.5 Å². The van der Waals surface area contributed by atoms with Crippen LogP contribution in [0.1, 0.15) is 24.1 Å². The van der Waals surface area contributed by atoms with Gasteiger partial charge in [-0.15, -0.1) is 0 Å². The predicted octanol–water partition coefficient (Wildman–Crippen LogP) is 0.962. The number of nitrogens with zero attached hydrogens (tertiary/aromatic N) is 4. The molecule has 118 valence electrons. The van der Waals surface area contributed by atoms with Crippen LogP contribution < -0.4 is 5.32 Å². The Morgan fingerprint density at radius 1 is 1.23 bits per heavy atom. The van der Waals surface area contributed by atoms with E-state index in [1.165, 1.54) is 18.4 Å². The van der Waals surface area contributed by atoms with E-state index in [-0.39, 0.29) is 6.61 Å². The molecule has 1 aliphatic carbocycles. The van der Waals surface area contributed by atoms with Crippen LogP contribution in [0.25, 0.3) is 5.95 Å². The van der Waals surface area contributed by atoms with E-state index in [4.69, 9.17) is 9.84 Å². The molecule has 0 aromatic carbocycles. The zero-order valence-electron chi connectivity index (χ0n) is 12.5. The molecule has 7 heteroatoms. The van der Waals surface area contributed by atoms with Gasteiger partial charge in [-0.1, -0.05) is 0 Å². The van der Waals surface area contributed by atoms with Gasteiger partial charge in [0.05, 0.1) is 25.5 Å². The molecule has 3 rings (SSSR count). The largest absolute Gasteiger partial charge is 0.394 e. The Hall–Kier alpha value is -1.99. The minimum absolute atomic E-state index is 0.0493. The van der Waals surface area contributed by atoms with Gasteiger partial charge in [-0.2, -0.15) is 4.98 Å². The van der Waals surface area contributed by atoms with E-state index in [2.05, 4.69) is 20.3 Å². The Bertz CT molecular complexity index is 600. The summed E-state index contributed by atoms with van der Waals surface area (Å²) in [7, 11) is 0. The second kappa shape index (κ2) is 7.33. The molecule has 22 heavy (non-hydrogen) atoms. The minimum atomic E-state index is 0.0493. The molecular formula is C15H21N5O2. The average molecular weight is 303 g/mol. The quantitative estimate of drug-likeness (QED) is 0.741. The van der Waals surface area contributed by atoms with Crippen molar-refractivity contribution in [1.29, 1.82) is 0 Å². The van der Waals surface area contributed by atoms with Gasteiger partial charge in [0.2, 0.25) is 5.95 Å². The van der Waals surface area contributed by atoms with Crippen LogP contribution in [0.2, 0.25) is 0 Å². The van der Waals surface area contributed by atoms with Crippen LogP contribution in [-0.2, 0) is 17.6 Å². The van der Waals surface area contributed by atoms with Crippen molar-refractivity contribution >= 4 is 5.82 Å². The Kier molecular flexibility index (Phi) is 4.97. The van der Waals surface area contributed by atoms with Gasteiger partial charge in [-0.3, -0.25) is 4.57 Å². The van der Waals surface area contributed by atoms with Crippen LogP contribution in [0.5, 0.6) is 0 Å². The third-order valence-corrected chi connectivity index (χ3v) is 3.68. The van der Waals surface area contributed by atoms with E-state index in [0.717, 1.165) is 24.4 Å². The molecule has 7 nitrogen and oxygen atoms in total. The Morgan fingerprint density at radius 2 is 2.14 bits per heavy atom. The average Bonchev–Trinajstić information content (AvgIpc) is 3.09. The smallest absolute Gasteiger partial charge is 0.237 e. The topological polar surface area (TPSA) is 85.1 Å². The molecule has 2 aromatic rings. The number of imidazole rings is 1. The standard InChI is InChI=1S/C15H21N5O2/c21-8-10-22-9-6-17-14-12-3-1-2-4-13(12)18-15(19-14)20-7-5-16-11-20/h5,7,11,21H,1-4,6,8-10H2,(H,17,18,19). The van der Waals surface area contributed by atoms with Gasteiger partial charge in [-0.25, -0.2) is 9.97 Å². The van der Waals surface area contributed by atoms with Crippen molar-refractivity contribution in [2.45, 2.75) is 25.7 Å². The van der Waals surface area contributed by atoms with Gasteiger partial charge in [-0.05, 0) is 25.7 Å². The summed E-state index contributed by atoms with van der Waals surface area (Å²) in [6.45, 7) is 1.62. The van der Waals surface area contributed by atoms with E-state index in [9.17, 15) is 0 Å². The predicted molar refractivity (Wildman–Crippen MR) is 82.2 cm³/mol. The van der Waals surface area contributed by atoms with Crippen molar-refractivity contribution in [1.82, 2.24) is 19.5 Å². The summed E-state index contributed by atoms with van der Waals surface area (Å²) in [4.78, 5) is 13.4. The molecule has 0 unspecified atom stereocenters. The van der Waals surface area contributed by atoms with E-state index < -0.39 is 0 Å². The first-order chi connectivity index (χ1) is 10.9. The lowest BCUT2D eigenvalue weighted by Crippen LogP contribution is -2.18. The van der Waals surface area contributed by atoms with Crippen molar-refractivity contribution in [3.63, 3.8) is 0 Å². The number of hydrogen-bond donors (Lipinski definition) is 2. The fourth-order valence-electron chi connectivity index (χ4n) is 2.63. The summed E-state index contributed by atoms with van der Waals surface area (Å²) in [6.07, 6.45) is 9.63. The number of aryl methyl sites for hydroxylation is 1. The highest BCUT2D eigenvalue weighted by Gasteiger charge is 2.18. The molecule has 0 radical (unpaired) electrons.